The average molecular weight is 285 g/mol. The van der Waals surface area contributed by atoms with Crippen molar-refractivity contribution in [2.75, 3.05) is 16.8 Å². The van der Waals surface area contributed by atoms with Crippen molar-refractivity contribution in [1.29, 1.82) is 0 Å². The number of hydrogen-bond donors (Lipinski definition) is 2. The van der Waals surface area contributed by atoms with E-state index in [1.807, 2.05) is 19.9 Å². The lowest BCUT2D eigenvalue weighted by atomic mass is 10.2. The van der Waals surface area contributed by atoms with Gasteiger partial charge in [-0.15, -0.1) is 5.10 Å². The minimum absolute atomic E-state index is 0.0403. The first-order valence-electron chi connectivity index (χ1n) is 6.69. The lowest BCUT2D eigenvalue weighted by Gasteiger charge is -2.28. The quantitative estimate of drug-likeness (QED) is 0.875. The zero-order valence-electron chi connectivity index (χ0n) is 11.8. The lowest BCUT2D eigenvalue weighted by molar-refractivity contribution is -0.115. The average Bonchev–Trinajstić information content (AvgIpc) is 2.95. The van der Waals surface area contributed by atoms with Crippen LogP contribution in [0.5, 0.6) is 0 Å². The number of nitrogens with one attached hydrogen (secondary N) is 2. The van der Waals surface area contributed by atoms with Crippen molar-refractivity contribution < 1.29 is 9.59 Å². The minimum atomic E-state index is -0.388. The third kappa shape index (κ3) is 2.37. The summed E-state index contributed by atoms with van der Waals surface area (Å²) in [5, 5.41) is 9.44. The van der Waals surface area contributed by atoms with Crippen molar-refractivity contribution in [3.05, 3.63) is 35.9 Å². The molecule has 7 heteroatoms. The van der Waals surface area contributed by atoms with Gasteiger partial charge in [0.1, 0.15) is 12.4 Å². The molecule has 2 heterocycles. The van der Waals surface area contributed by atoms with Crippen molar-refractivity contribution in [2.24, 2.45) is 0 Å². The van der Waals surface area contributed by atoms with Gasteiger partial charge in [-0.2, -0.15) is 0 Å². The summed E-state index contributed by atoms with van der Waals surface area (Å²) in [6.45, 7) is 3.87. The number of fused-ring (bicyclic) bond motifs is 1. The number of rotatable bonds is 2. The second-order valence-corrected chi connectivity index (χ2v) is 5.16. The van der Waals surface area contributed by atoms with Crippen LogP contribution in [0.15, 0.2) is 24.3 Å². The first-order valence-corrected chi connectivity index (χ1v) is 6.69. The van der Waals surface area contributed by atoms with Crippen LogP contribution in [0.4, 0.5) is 11.4 Å². The topological polar surface area (TPSA) is 91.0 Å². The molecule has 0 radical (unpaired) electrons. The summed E-state index contributed by atoms with van der Waals surface area (Å²) in [5.74, 6) is 0.245. The van der Waals surface area contributed by atoms with Gasteiger partial charge in [0, 0.05) is 5.92 Å². The van der Waals surface area contributed by atoms with Crippen LogP contribution in [0.25, 0.3) is 0 Å². The highest BCUT2D eigenvalue weighted by atomic mass is 16.2. The molecular weight excluding hydrogens is 270 g/mol. The van der Waals surface area contributed by atoms with E-state index < -0.39 is 0 Å². The smallest absolute Gasteiger partial charge is 0.298 e. The number of carbonyl (C=O) groups excluding carboxylic acids is 2. The maximum atomic E-state index is 12.5. The number of aromatic amines is 1. The fourth-order valence-corrected chi connectivity index (χ4v) is 2.16. The molecule has 0 atom stereocenters. The molecule has 0 saturated carbocycles. The Morgan fingerprint density at radius 2 is 2.10 bits per heavy atom. The van der Waals surface area contributed by atoms with Gasteiger partial charge in [-0.05, 0) is 12.1 Å². The maximum Gasteiger partial charge on any atom is 0.298 e. The van der Waals surface area contributed by atoms with Gasteiger partial charge in [-0.25, -0.2) is 4.98 Å². The molecule has 7 nitrogen and oxygen atoms in total. The molecule has 2 N–H and O–H groups in total. The molecule has 0 saturated heterocycles. The van der Waals surface area contributed by atoms with Gasteiger partial charge in [-0.3, -0.25) is 19.6 Å². The van der Waals surface area contributed by atoms with Crippen molar-refractivity contribution >= 4 is 23.2 Å². The number of amides is 2. The molecule has 1 aromatic carbocycles. The fraction of sp³-hybridized carbons (Fsp3) is 0.286. The Morgan fingerprint density at radius 1 is 1.33 bits per heavy atom. The van der Waals surface area contributed by atoms with Gasteiger partial charge in [-0.1, -0.05) is 26.0 Å². The van der Waals surface area contributed by atoms with Gasteiger partial charge < -0.3 is 5.32 Å². The third-order valence-electron chi connectivity index (χ3n) is 3.26. The van der Waals surface area contributed by atoms with Crippen molar-refractivity contribution in [3.63, 3.8) is 0 Å². The maximum absolute atomic E-state index is 12.5. The third-order valence-corrected chi connectivity index (χ3v) is 3.26. The normalized spacial score (nSPS) is 14.0. The second kappa shape index (κ2) is 5.01. The number of anilines is 2. The van der Waals surface area contributed by atoms with Crippen molar-refractivity contribution in [1.82, 2.24) is 15.2 Å². The van der Waals surface area contributed by atoms with Crippen LogP contribution in [-0.4, -0.2) is 33.5 Å². The summed E-state index contributed by atoms with van der Waals surface area (Å²) in [4.78, 5) is 29.9. The highest BCUT2D eigenvalue weighted by Gasteiger charge is 2.29. The van der Waals surface area contributed by atoms with Gasteiger partial charge in [0.2, 0.25) is 11.7 Å². The predicted octanol–water partition coefficient (Wildman–Crippen LogP) is 1.53. The molecule has 0 bridgehead atoms. The fourth-order valence-electron chi connectivity index (χ4n) is 2.16. The van der Waals surface area contributed by atoms with Crippen LogP contribution in [0.3, 0.4) is 0 Å². The Bertz CT molecular complexity index is 707. The summed E-state index contributed by atoms with van der Waals surface area (Å²) in [7, 11) is 0. The van der Waals surface area contributed by atoms with Crippen LogP contribution in [-0.2, 0) is 4.79 Å². The highest BCUT2D eigenvalue weighted by Crippen LogP contribution is 2.29. The number of benzene rings is 1. The van der Waals surface area contributed by atoms with Gasteiger partial charge in [0.15, 0.2) is 0 Å². The van der Waals surface area contributed by atoms with Gasteiger partial charge in [0.25, 0.3) is 5.91 Å². The summed E-state index contributed by atoms with van der Waals surface area (Å²) in [5.41, 5.74) is 1.26. The molecule has 2 amide bonds. The van der Waals surface area contributed by atoms with E-state index in [2.05, 4.69) is 20.5 Å². The van der Waals surface area contributed by atoms with E-state index in [1.165, 1.54) is 4.90 Å². The molecule has 108 valence electrons. The van der Waals surface area contributed by atoms with Crippen LogP contribution >= 0.6 is 0 Å². The Labute approximate surface area is 121 Å². The number of aromatic nitrogens is 3. The minimum Gasteiger partial charge on any atom is -0.323 e. The zero-order chi connectivity index (χ0) is 15.0. The monoisotopic (exact) mass is 285 g/mol. The van der Waals surface area contributed by atoms with E-state index in [1.54, 1.807) is 18.2 Å². The Kier molecular flexibility index (Phi) is 3.17. The molecule has 2 aromatic rings. The molecule has 3 rings (SSSR count). The Hall–Kier alpha value is -2.70. The molecule has 0 aliphatic carbocycles. The zero-order valence-corrected chi connectivity index (χ0v) is 11.8. The molecular formula is C14H15N5O2. The van der Waals surface area contributed by atoms with Crippen LogP contribution < -0.4 is 10.2 Å². The Balaban J connectivity index is 1.96. The largest absolute Gasteiger partial charge is 0.323 e. The number of hydrogen-bond acceptors (Lipinski definition) is 4. The van der Waals surface area contributed by atoms with E-state index in [0.29, 0.717) is 17.2 Å². The first-order chi connectivity index (χ1) is 10.1. The summed E-state index contributed by atoms with van der Waals surface area (Å²) >= 11 is 0. The lowest BCUT2D eigenvalue weighted by Crippen LogP contribution is -2.42. The summed E-state index contributed by atoms with van der Waals surface area (Å²) in [6.07, 6.45) is 0. The van der Waals surface area contributed by atoms with E-state index in [-0.39, 0.29) is 30.1 Å². The molecule has 21 heavy (non-hydrogen) atoms. The van der Waals surface area contributed by atoms with E-state index in [4.69, 9.17) is 0 Å². The van der Waals surface area contributed by atoms with E-state index in [9.17, 15) is 9.59 Å². The van der Waals surface area contributed by atoms with Gasteiger partial charge in [0.05, 0.1) is 11.4 Å². The number of carbonyl (C=O) groups is 2. The van der Waals surface area contributed by atoms with Crippen LogP contribution in [0.1, 0.15) is 36.2 Å². The molecule has 0 spiro atoms. The molecule has 1 aliphatic heterocycles. The van der Waals surface area contributed by atoms with Crippen LogP contribution in [0.2, 0.25) is 0 Å². The summed E-state index contributed by atoms with van der Waals surface area (Å²) in [6, 6.07) is 7.15. The van der Waals surface area contributed by atoms with Crippen LogP contribution in [0, 0.1) is 0 Å². The van der Waals surface area contributed by atoms with E-state index >= 15 is 0 Å². The highest BCUT2D eigenvalue weighted by molar-refractivity contribution is 6.13. The first kappa shape index (κ1) is 13.3. The molecule has 1 aliphatic rings. The SMILES string of the molecule is CC(C)c1nc(C(=O)N2CC(=O)Nc3ccccc32)n[nH]1. The van der Waals surface area contributed by atoms with Crippen molar-refractivity contribution in [2.45, 2.75) is 19.8 Å². The standard InChI is InChI=1S/C14H15N5O2/c1-8(2)12-16-13(18-17-12)14(21)19-7-11(20)15-9-5-3-4-6-10(9)19/h3-6,8H,7H2,1-2H3,(H,15,20)(H,16,17,18). The number of para-hydroxylation sites is 2. The molecule has 1 aromatic heterocycles. The summed E-state index contributed by atoms with van der Waals surface area (Å²) < 4.78 is 0. The number of H-pyrrole nitrogens is 1. The molecule has 0 unspecified atom stereocenters. The van der Waals surface area contributed by atoms with Gasteiger partial charge >= 0.3 is 0 Å². The van der Waals surface area contributed by atoms with Crippen molar-refractivity contribution in [3.8, 4) is 0 Å². The molecule has 0 fully saturated rings. The van der Waals surface area contributed by atoms with E-state index in [0.717, 1.165) is 0 Å². The number of nitrogens with zero attached hydrogens (tertiary/aromatic N) is 3. The second-order valence-electron chi connectivity index (χ2n) is 5.16. The Morgan fingerprint density at radius 3 is 2.81 bits per heavy atom. The predicted molar refractivity (Wildman–Crippen MR) is 77.2 cm³/mol.